The van der Waals surface area contributed by atoms with Gasteiger partial charge >= 0.3 is 35.1 Å². The second-order valence-electron chi connectivity index (χ2n) is 5.21. The minimum absolute atomic E-state index is 0. The SMILES string of the molecule is CCCCCCCCCCCCCCOP(=O)(O)O.[PbH2]. The van der Waals surface area contributed by atoms with E-state index in [2.05, 4.69) is 11.4 Å². The molecule has 20 heavy (non-hydrogen) atoms. The molecule has 0 saturated carbocycles. The number of phosphoric acid groups is 1. The van der Waals surface area contributed by atoms with Crippen LogP contribution in [0.3, 0.4) is 0 Å². The summed E-state index contributed by atoms with van der Waals surface area (Å²) in [7, 11) is -4.25. The third-order valence-corrected chi connectivity index (χ3v) is 3.78. The van der Waals surface area contributed by atoms with Gasteiger partial charge in [-0.05, 0) is 6.42 Å². The van der Waals surface area contributed by atoms with E-state index in [-0.39, 0.29) is 33.9 Å². The zero-order chi connectivity index (χ0) is 14.4. The first kappa shape index (κ1) is 23.3. The quantitative estimate of drug-likeness (QED) is 0.215. The summed E-state index contributed by atoms with van der Waals surface area (Å²) in [6.45, 7) is 2.41. The molecule has 0 aliphatic heterocycles. The molecule has 0 rings (SSSR count). The topological polar surface area (TPSA) is 66.8 Å². The van der Waals surface area contributed by atoms with Crippen molar-refractivity contribution in [2.24, 2.45) is 0 Å². The molecule has 0 fully saturated rings. The van der Waals surface area contributed by atoms with E-state index in [0.717, 1.165) is 19.3 Å². The Labute approximate surface area is 144 Å². The molecule has 2 radical (unpaired) electrons. The molecule has 4 nitrogen and oxygen atoms in total. The molecule has 6 heteroatoms. The summed E-state index contributed by atoms with van der Waals surface area (Å²) in [5.41, 5.74) is 0. The molecule has 0 unspecified atom stereocenters. The first-order chi connectivity index (χ1) is 9.06. The van der Waals surface area contributed by atoms with Crippen molar-refractivity contribution in [3.05, 3.63) is 0 Å². The van der Waals surface area contributed by atoms with Gasteiger partial charge in [0.1, 0.15) is 0 Å². The minimum atomic E-state index is -4.25. The van der Waals surface area contributed by atoms with E-state index in [1.807, 2.05) is 0 Å². The molecule has 122 valence electrons. The zero-order valence-electron chi connectivity index (χ0n) is 13.1. The molecule has 0 heterocycles. The van der Waals surface area contributed by atoms with Crippen molar-refractivity contribution >= 4 is 35.1 Å². The number of phosphoric ester groups is 1. The maximum atomic E-state index is 10.4. The Hall–Kier alpha value is 1.03. The summed E-state index contributed by atoms with van der Waals surface area (Å²) < 4.78 is 14.8. The van der Waals surface area contributed by atoms with Gasteiger partial charge in [0.2, 0.25) is 0 Å². The van der Waals surface area contributed by atoms with Crippen molar-refractivity contribution in [3.8, 4) is 0 Å². The fourth-order valence-electron chi connectivity index (χ4n) is 2.13. The summed E-state index contributed by atoms with van der Waals surface area (Å²) in [5, 5.41) is 0. The van der Waals surface area contributed by atoms with Gasteiger partial charge < -0.3 is 9.79 Å². The molecule has 0 aromatic rings. The van der Waals surface area contributed by atoms with Crippen LogP contribution in [0.5, 0.6) is 0 Å². The monoisotopic (exact) mass is 504 g/mol. The predicted octanol–water partition coefficient (Wildman–Crippen LogP) is 3.88. The van der Waals surface area contributed by atoms with Crippen molar-refractivity contribution in [2.45, 2.75) is 84.0 Å². The van der Waals surface area contributed by atoms with Gasteiger partial charge in [0.15, 0.2) is 0 Å². The molecule has 0 bridgehead atoms. The molecule has 0 saturated heterocycles. The van der Waals surface area contributed by atoms with Crippen LogP contribution in [0.2, 0.25) is 0 Å². The van der Waals surface area contributed by atoms with Crippen LogP contribution in [0.15, 0.2) is 0 Å². The molecule has 0 atom stereocenters. The van der Waals surface area contributed by atoms with Gasteiger partial charge in [0, 0.05) is 0 Å². The normalized spacial score (nSPS) is 11.3. The Bertz CT molecular complexity index is 233. The second-order valence-corrected chi connectivity index (χ2v) is 6.45. The van der Waals surface area contributed by atoms with Crippen molar-refractivity contribution < 1.29 is 18.9 Å². The van der Waals surface area contributed by atoms with Crippen molar-refractivity contribution in [1.29, 1.82) is 0 Å². The van der Waals surface area contributed by atoms with Crippen LogP contribution >= 0.6 is 7.82 Å². The molecule has 0 aliphatic carbocycles. The molecule has 0 aromatic heterocycles. The summed E-state index contributed by atoms with van der Waals surface area (Å²) in [6.07, 6.45) is 14.9. The number of hydrogen-bond acceptors (Lipinski definition) is 2. The zero-order valence-corrected chi connectivity index (χ0v) is 19.4. The van der Waals surface area contributed by atoms with E-state index in [1.54, 1.807) is 0 Å². The third-order valence-electron chi connectivity index (χ3n) is 3.26. The van der Waals surface area contributed by atoms with E-state index < -0.39 is 7.82 Å². The standard InChI is InChI=1S/C14H31O4P.Pb.2H/c1-2-3-4-5-6-7-8-9-10-11-12-13-14-18-19(15,16)17;;;/h2-14H2,1H3,(H2,15,16,17);;;. The van der Waals surface area contributed by atoms with Gasteiger partial charge in [-0.15, -0.1) is 0 Å². The van der Waals surface area contributed by atoms with Crippen LogP contribution in [0.4, 0.5) is 0 Å². The van der Waals surface area contributed by atoms with Crippen molar-refractivity contribution in [1.82, 2.24) is 0 Å². The van der Waals surface area contributed by atoms with Crippen LogP contribution in [0, 0.1) is 0 Å². The maximum absolute atomic E-state index is 10.4. The second kappa shape index (κ2) is 16.4. The molecule has 0 amide bonds. The summed E-state index contributed by atoms with van der Waals surface area (Å²) >= 11 is 0. The van der Waals surface area contributed by atoms with Crippen LogP contribution in [-0.2, 0) is 9.09 Å². The first-order valence-electron chi connectivity index (χ1n) is 7.76. The van der Waals surface area contributed by atoms with Gasteiger partial charge in [-0.3, -0.25) is 4.52 Å². The van der Waals surface area contributed by atoms with Crippen molar-refractivity contribution in [3.63, 3.8) is 0 Å². The van der Waals surface area contributed by atoms with E-state index in [9.17, 15) is 4.57 Å². The van der Waals surface area contributed by atoms with E-state index >= 15 is 0 Å². The number of rotatable bonds is 14. The van der Waals surface area contributed by atoms with Gasteiger partial charge in [0.05, 0.1) is 6.61 Å². The Balaban J connectivity index is 0. The Kier molecular flexibility index (Phi) is 19.1. The number of hydrogen-bond donors (Lipinski definition) is 2. The van der Waals surface area contributed by atoms with Crippen LogP contribution < -0.4 is 0 Å². The number of unbranched alkanes of at least 4 members (excludes halogenated alkanes) is 11. The average Bonchev–Trinajstić information content (AvgIpc) is 2.34. The molecule has 0 spiro atoms. The molecule has 0 aromatic carbocycles. The summed E-state index contributed by atoms with van der Waals surface area (Å²) in [6, 6.07) is 0. The van der Waals surface area contributed by atoms with Gasteiger partial charge in [-0.25, -0.2) is 4.57 Å². The van der Waals surface area contributed by atoms with Crippen LogP contribution in [-0.4, -0.2) is 43.7 Å². The molecular weight excluding hydrogens is 470 g/mol. The van der Waals surface area contributed by atoms with E-state index in [0.29, 0.717) is 0 Å². The Morgan fingerprint density at radius 3 is 1.45 bits per heavy atom. The Morgan fingerprint density at radius 2 is 1.10 bits per heavy atom. The molecule has 0 aliphatic rings. The summed E-state index contributed by atoms with van der Waals surface area (Å²) in [5.74, 6) is 0. The summed E-state index contributed by atoms with van der Waals surface area (Å²) in [4.78, 5) is 17.0. The predicted molar refractivity (Wildman–Crippen MR) is 87.6 cm³/mol. The Morgan fingerprint density at radius 1 is 0.750 bits per heavy atom. The van der Waals surface area contributed by atoms with E-state index in [1.165, 1.54) is 57.8 Å². The van der Waals surface area contributed by atoms with Crippen LogP contribution in [0.1, 0.15) is 84.0 Å². The van der Waals surface area contributed by atoms with Gasteiger partial charge in [-0.1, -0.05) is 77.6 Å². The fraction of sp³-hybridized carbons (Fsp3) is 1.00. The van der Waals surface area contributed by atoms with E-state index in [4.69, 9.17) is 9.79 Å². The average molecular weight is 504 g/mol. The van der Waals surface area contributed by atoms with Gasteiger partial charge in [-0.2, -0.15) is 0 Å². The first-order valence-corrected chi connectivity index (χ1v) is 9.29. The fourth-order valence-corrected chi connectivity index (χ4v) is 2.49. The van der Waals surface area contributed by atoms with Crippen LogP contribution in [0.25, 0.3) is 0 Å². The third kappa shape index (κ3) is 21.3. The van der Waals surface area contributed by atoms with Crippen molar-refractivity contribution in [2.75, 3.05) is 6.61 Å². The van der Waals surface area contributed by atoms with Gasteiger partial charge in [0.25, 0.3) is 0 Å². The molecule has 2 N–H and O–H groups in total. The molecular formula is C14H33O4PPb.